The molecule has 2 aromatic rings. The first-order valence-corrected chi connectivity index (χ1v) is 8.57. The van der Waals surface area contributed by atoms with E-state index >= 15 is 0 Å². The molecule has 1 aromatic carbocycles. The molecule has 0 aliphatic heterocycles. The maximum atomic E-state index is 12.3. The standard InChI is InChI=1S/C15H16BrClN2OS/c1-10(19(2)9-13-7-8-14(16)21-13)15(20)18-12-5-3-11(17)4-6-12/h3-8,10H,9H2,1-2H3,(H,18,20)/p+1/t10-/m0/s1. The van der Waals surface area contributed by atoms with Crippen LogP contribution in [0.3, 0.4) is 0 Å². The fraction of sp³-hybridized carbons (Fsp3) is 0.267. The van der Waals surface area contributed by atoms with Crippen LogP contribution in [0.15, 0.2) is 40.2 Å². The zero-order chi connectivity index (χ0) is 15.4. The maximum absolute atomic E-state index is 12.3. The molecule has 21 heavy (non-hydrogen) atoms. The highest BCUT2D eigenvalue weighted by Gasteiger charge is 2.22. The lowest BCUT2D eigenvalue weighted by Crippen LogP contribution is -3.12. The van der Waals surface area contributed by atoms with Crippen molar-refractivity contribution in [1.82, 2.24) is 0 Å². The summed E-state index contributed by atoms with van der Waals surface area (Å²) < 4.78 is 1.11. The lowest BCUT2D eigenvalue weighted by atomic mass is 10.2. The number of hydrogen-bond acceptors (Lipinski definition) is 2. The molecule has 0 saturated carbocycles. The Morgan fingerprint density at radius 1 is 1.33 bits per heavy atom. The fourth-order valence-electron chi connectivity index (χ4n) is 1.88. The molecule has 0 spiro atoms. The summed E-state index contributed by atoms with van der Waals surface area (Å²) in [7, 11) is 2.03. The van der Waals surface area contributed by atoms with Crippen LogP contribution in [0.1, 0.15) is 11.8 Å². The van der Waals surface area contributed by atoms with Crippen LogP contribution in [0.5, 0.6) is 0 Å². The minimum absolute atomic E-state index is 0.00504. The summed E-state index contributed by atoms with van der Waals surface area (Å²) in [4.78, 5) is 14.7. The highest BCUT2D eigenvalue weighted by Crippen LogP contribution is 2.21. The van der Waals surface area contributed by atoms with Gasteiger partial charge in [0.25, 0.3) is 5.91 Å². The van der Waals surface area contributed by atoms with Crippen molar-refractivity contribution < 1.29 is 9.69 Å². The van der Waals surface area contributed by atoms with Gasteiger partial charge in [-0.3, -0.25) is 4.79 Å². The Bertz CT molecular complexity index is 614. The molecule has 0 radical (unpaired) electrons. The van der Waals surface area contributed by atoms with Gasteiger partial charge in [-0.25, -0.2) is 0 Å². The van der Waals surface area contributed by atoms with E-state index in [0.717, 1.165) is 20.9 Å². The lowest BCUT2D eigenvalue weighted by molar-refractivity contribution is -0.907. The first-order valence-electron chi connectivity index (χ1n) is 6.58. The number of likely N-dealkylation sites (N-methyl/N-ethyl adjacent to an activating group) is 1. The number of thiophene rings is 1. The third-order valence-corrected chi connectivity index (χ3v) is 5.20. The fourth-order valence-corrected chi connectivity index (χ4v) is 3.59. The predicted octanol–water partition coefficient (Wildman–Crippen LogP) is 3.21. The Hall–Kier alpha value is -0.880. The number of quaternary nitrogens is 1. The summed E-state index contributed by atoms with van der Waals surface area (Å²) in [5, 5.41) is 3.58. The zero-order valence-electron chi connectivity index (χ0n) is 11.8. The molecule has 2 N–H and O–H groups in total. The molecule has 1 aromatic heterocycles. The summed E-state index contributed by atoms with van der Waals surface area (Å²) in [6, 6.07) is 11.1. The molecule has 0 aliphatic rings. The van der Waals surface area contributed by atoms with Gasteiger partial charge in [-0.05, 0) is 59.3 Å². The van der Waals surface area contributed by atoms with E-state index in [1.165, 1.54) is 4.88 Å². The van der Waals surface area contributed by atoms with Crippen molar-refractivity contribution >= 4 is 50.5 Å². The van der Waals surface area contributed by atoms with E-state index in [1.54, 1.807) is 35.6 Å². The number of hydrogen-bond donors (Lipinski definition) is 2. The van der Waals surface area contributed by atoms with Gasteiger partial charge in [0.05, 0.1) is 15.7 Å². The van der Waals surface area contributed by atoms with Crippen molar-refractivity contribution in [2.45, 2.75) is 19.5 Å². The Morgan fingerprint density at radius 3 is 2.57 bits per heavy atom. The third kappa shape index (κ3) is 4.81. The number of carbonyl (C=O) groups excluding carboxylic acids is 1. The molecule has 112 valence electrons. The number of carbonyl (C=O) groups is 1. The quantitative estimate of drug-likeness (QED) is 0.810. The average Bonchev–Trinajstić information content (AvgIpc) is 2.85. The number of nitrogens with one attached hydrogen (secondary N) is 2. The topological polar surface area (TPSA) is 33.5 Å². The van der Waals surface area contributed by atoms with E-state index in [9.17, 15) is 4.79 Å². The molecule has 0 aliphatic carbocycles. The Balaban J connectivity index is 1.93. The second-order valence-corrected chi connectivity index (χ2v) is 7.93. The second kappa shape index (κ2) is 7.40. The van der Waals surface area contributed by atoms with Crippen molar-refractivity contribution in [2.24, 2.45) is 0 Å². The Morgan fingerprint density at radius 2 is 2.00 bits per heavy atom. The minimum Gasteiger partial charge on any atom is -0.323 e. The van der Waals surface area contributed by atoms with Crippen molar-refractivity contribution in [3.63, 3.8) is 0 Å². The predicted molar refractivity (Wildman–Crippen MR) is 92.2 cm³/mol. The number of benzene rings is 1. The zero-order valence-corrected chi connectivity index (χ0v) is 15.0. The summed E-state index contributed by atoms with van der Waals surface area (Å²) >= 11 is 11.0. The third-order valence-electron chi connectivity index (χ3n) is 3.33. The minimum atomic E-state index is -0.137. The van der Waals surface area contributed by atoms with Gasteiger partial charge in [0.2, 0.25) is 0 Å². The molecule has 3 nitrogen and oxygen atoms in total. The van der Waals surface area contributed by atoms with Crippen LogP contribution in [0.25, 0.3) is 0 Å². The van der Waals surface area contributed by atoms with Crippen molar-refractivity contribution in [2.75, 3.05) is 12.4 Å². The molecule has 1 heterocycles. The van der Waals surface area contributed by atoms with Crippen LogP contribution >= 0.6 is 38.9 Å². The first-order chi connectivity index (χ1) is 9.95. The van der Waals surface area contributed by atoms with Gasteiger partial charge in [0.1, 0.15) is 6.54 Å². The van der Waals surface area contributed by atoms with Gasteiger partial charge in [0.15, 0.2) is 6.04 Å². The van der Waals surface area contributed by atoms with Gasteiger partial charge in [-0.1, -0.05) is 11.6 Å². The summed E-state index contributed by atoms with van der Waals surface area (Å²) in [6.07, 6.45) is 0. The summed E-state index contributed by atoms with van der Waals surface area (Å²) in [6.45, 7) is 2.76. The lowest BCUT2D eigenvalue weighted by Gasteiger charge is -2.20. The van der Waals surface area contributed by atoms with Crippen LogP contribution < -0.4 is 10.2 Å². The van der Waals surface area contributed by atoms with Crippen molar-refractivity contribution in [3.8, 4) is 0 Å². The molecule has 1 amide bonds. The molecule has 0 fully saturated rings. The van der Waals surface area contributed by atoms with Crippen molar-refractivity contribution in [3.05, 3.63) is 50.1 Å². The van der Waals surface area contributed by atoms with E-state index in [0.29, 0.717) is 5.02 Å². The summed E-state index contributed by atoms with van der Waals surface area (Å²) in [5.74, 6) is 0.00504. The largest absolute Gasteiger partial charge is 0.323 e. The number of anilines is 1. The second-order valence-electron chi connectivity index (χ2n) is 4.95. The van der Waals surface area contributed by atoms with Gasteiger partial charge in [-0.2, -0.15) is 0 Å². The first kappa shape index (κ1) is 16.5. The number of rotatable bonds is 5. The molecular weight excluding hydrogens is 372 g/mol. The molecule has 6 heteroatoms. The smallest absolute Gasteiger partial charge is 0.282 e. The van der Waals surface area contributed by atoms with E-state index in [1.807, 2.05) is 20.0 Å². The highest BCUT2D eigenvalue weighted by molar-refractivity contribution is 9.11. The van der Waals surface area contributed by atoms with Crippen LogP contribution in [0.4, 0.5) is 5.69 Å². The number of amides is 1. The van der Waals surface area contributed by atoms with Crippen molar-refractivity contribution in [1.29, 1.82) is 0 Å². The van der Waals surface area contributed by atoms with Gasteiger partial charge in [-0.15, -0.1) is 11.3 Å². The van der Waals surface area contributed by atoms with Crippen LogP contribution in [0, 0.1) is 0 Å². The summed E-state index contributed by atoms with van der Waals surface area (Å²) in [5.41, 5.74) is 0.767. The Labute approximate surface area is 142 Å². The maximum Gasteiger partial charge on any atom is 0.282 e. The van der Waals surface area contributed by atoms with Gasteiger partial charge in [0, 0.05) is 10.7 Å². The Kier molecular flexibility index (Phi) is 5.81. The van der Waals surface area contributed by atoms with Crippen LogP contribution in [-0.4, -0.2) is 19.0 Å². The van der Waals surface area contributed by atoms with Crippen LogP contribution in [-0.2, 0) is 11.3 Å². The van der Waals surface area contributed by atoms with E-state index < -0.39 is 0 Å². The van der Waals surface area contributed by atoms with E-state index in [2.05, 4.69) is 27.3 Å². The highest BCUT2D eigenvalue weighted by atomic mass is 79.9. The number of halogens is 2. The SMILES string of the molecule is C[C@@H](C(=O)Nc1ccc(Cl)cc1)[NH+](C)Cc1ccc(Br)s1. The van der Waals surface area contributed by atoms with Crippen LogP contribution in [0.2, 0.25) is 5.02 Å². The molecule has 0 saturated heterocycles. The van der Waals surface area contributed by atoms with E-state index in [-0.39, 0.29) is 11.9 Å². The normalized spacial score (nSPS) is 13.7. The molecule has 1 unspecified atom stereocenters. The monoisotopic (exact) mass is 387 g/mol. The molecular formula is C15H17BrClN2OS+. The molecule has 2 atom stereocenters. The van der Waals surface area contributed by atoms with Gasteiger partial charge >= 0.3 is 0 Å². The van der Waals surface area contributed by atoms with Gasteiger partial charge < -0.3 is 10.2 Å². The average molecular weight is 389 g/mol. The molecule has 0 bridgehead atoms. The molecule has 2 rings (SSSR count). The van der Waals surface area contributed by atoms with E-state index in [4.69, 9.17) is 11.6 Å².